The molecule has 2 aromatic rings. The van der Waals surface area contributed by atoms with Crippen LogP contribution in [0.3, 0.4) is 0 Å². The first-order valence-corrected chi connectivity index (χ1v) is 9.60. The predicted molar refractivity (Wildman–Crippen MR) is 108 cm³/mol. The van der Waals surface area contributed by atoms with Crippen LogP contribution < -0.4 is 15.1 Å². The molecule has 1 atom stereocenters. The van der Waals surface area contributed by atoms with Crippen molar-refractivity contribution in [2.45, 2.75) is 26.3 Å². The van der Waals surface area contributed by atoms with Gasteiger partial charge in [0.2, 0.25) is 0 Å². The maximum Gasteiger partial charge on any atom is 0.279 e. The molecule has 1 unspecified atom stereocenters. The summed E-state index contributed by atoms with van der Waals surface area (Å²) in [4.78, 5) is 15.9. The van der Waals surface area contributed by atoms with Crippen LogP contribution in [0, 0.1) is 5.92 Å². The van der Waals surface area contributed by atoms with E-state index in [1.165, 1.54) is 29.0 Å². The summed E-state index contributed by atoms with van der Waals surface area (Å²) in [6.45, 7) is 5.88. The van der Waals surface area contributed by atoms with Gasteiger partial charge in [-0.1, -0.05) is 37.3 Å². The lowest BCUT2D eigenvalue weighted by molar-refractivity contribution is -0.885. The van der Waals surface area contributed by atoms with Gasteiger partial charge in [0, 0.05) is 30.0 Å². The Bertz CT molecular complexity index is 691. The van der Waals surface area contributed by atoms with E-state index in [4.69, 9.17) is 0 Å². The van der Waals surface area contributed by atoms with E-state index in [0.29, 0.717) is 6.54 Å². The van der Waals surface area contributed by atoms with E-state index >= 15 is 0 Å². The quantitative estimate of drug-likeness (QED) is 0.838. The molecule has 1 fully saturated rings. The molecule has 1 saturated heterocycles. The monoisotopic (exact) mass is 352 g/mol. The molecule has 2 aromatic carbocycles. The van der Waals surface area contributed by atoms with Crippen LogP contribution in [0.1, 0.15) is 25.3 Å². The number of benzene rings is 2. The number of likely N-dealkylation sites (N-methyl/N-ethyl adjacent to an activating group) is 1. The van der Waals surface area contributed by atoms with Crippen LogP contribution in [-0.2, 0) is 11.3 Å². The van der Waals surface area contributed by atoms with E-state index in [1.807, 2.05) is 37.4 Å². The summed E-state index contributed by atoms with van der Waals surface area (Å²) in [5.41, 5.74) is 3.37. The highest BCUT2D eigenvalue weighted by Gasteiger charge is 2.16. The van der Waals surface area contributed by atoms with Crippen LogP contribution >= 0.6 is 0 Å². The SMILES string of the molecule is CC1CCN(c2ccc(NC(=O)C[NH+](C)Cc3ccccc3)cc2)CC1. The molecule has 1 aliphatic heterocycles. The topological polar surface area (TPSA) is 36.8 Å². The van der Waals surface area contributed by atoms with Crippen LogP contribution in [0.4, 0.5) is 11.4 Å². The minimum atomic E-state index is 0.0537. The number of carbonyl (C=O) groups is 1. The highest BCUT2D eigenvalue weighted by atomic mass is 16.2. The molecule has 2 N–H and O–H groups in total. The Labute approximate surface area is 156 Å². The Hall–Kier alpha value is -2.33. The summed E-state index contributed by atoms with van der Waals surface area (Å²) in [5.74, 6) is 0.887. The smallest absolute Gasteiger partial charge is 0.279 e. The largest absolute Gasteiger partial charge is 0.372 e. The van der Waals surface area contributed by atoms with Crippen molar-refractivity contribution in [3.8, 4) is 0 Å². The van der Waals surface area contributed by atoms with Crippen LogP contribution in [0.2, 0.25) is 0 Å². The van der Waals surface area contributed by atoms with Gasteiger partial charge in [-0.3, -0.25) is 4.79 Å². The fraction of sp³-hybridized carbons (Fsp3) is 0.409. The minimum Gasteiger partial charge on any atom is -0.372 e. The number of hydrogen-bond donors (Lipinski definition) is 2. The molecule has 3 rings (SSSR count). The van der Waals surface area contributed by atoms with Gasteiger partial charge in [0.05, 0.1) is 7.05 Å². The summed E-state index contributed by atoms with van der Waals surface area (Å²) < 4.78 is 0. The third-order valence-electron chi connectivity index (χ3n) is 5.11. The zero-order valence-electron chi connectivity index (χ0n) is 15.9. The maximum absolute atomic E-state index is 12.3. The third-order valence-corrected chi connectivity index (χ3v) is 5.11. The average Bonchev–Trinajstić information content (AvgIpc) is 2.64. The lowest BCUT2D eigenvalue weighted by Crippen LogP contribution is -3.08. The molecule has 4 nitrogen and oxygen atoms in total. The van der Waals surface area contributed by atoms with Crippen molar-refractivity contribution in [3.05, 3.63) is 60.2 Å². The molecule has 1 amide bonds. The standard InChI is InChI=1S/C22H29N3O/c1-18-12-14-25(15-13-18)21-10-8-20(9-11-21)23-22(26)17-24(2)16-19-6-4-3-5-7-19/h3-11,18H,12-17H2,1-2H3,(H,23,26)/p+1. The van der Waals surface area contributed by atoms with Gasteiger partial charge in [0.15, 0.2) is 6.54 Å². The number of nitrogens with one attached hydrogen (secondary N) is 2. The fourth-order valence-corrected chi connectivity index (χ4v) is 3.51. The lowest BCUT2D eigenvalue weighted by atomic mass is 9.99. The summed E-state index contributed by atoms with van der Waals surface area (Å²) >= 11 is 0. The number of amides is 1. The predicted octanol–water partition coefficient (Wildman–Crippen LogP) is 2.58. The van der Waals surface area contributed by atoms with Crippen molar-refractivity contribution in [1.82, 2.24) is 0 Å². The van der Waals surface area contributed by atoms with Gasteiger partial charge < -0.3 is 15.1 Å². The number of carbonyl (C=O) groups excluding carboxylic acids is 1. The molecule has 0 radical (unpaired) electrons. The van der Waals surface area contributed by atoms with E-state index in [0.717, 1.165) is 31.2 Å². The molecule has 1 heterocycles. The molecule has 26 heavy (non-hydrogen) atoms. The molecule has 138 valence electrons. The van der Waals surface area contributed by atoms with Crippen molar-refractivity contribution in [3.63, 3.8) is 0 Å². The van der Waals surface area contributed by atoms with Gasteiger partial charge in [-0.05, 0) is 43.0 Å². The summed E-state index contributed by atoms with van der Waals surface area (Å²) in [6.07, 6.45) is 2.52. The Morgan fingerprint density at radius 3 is 2.38 bits per heavy atom. The maximum atomic E-state index is 12.3. The average molecular weight is 353 g/mol. The first kappa shape index (κ1) is 18.5. The number of hydrogen-bond acceptors (Lipinski definition) is 2. The number of nitrogens with zero attached hydrogens (tertiary/aromatic N) is 1. The molecule has 4 heteroatoms. The molecule has 0 aromatic heterocycles. The second kappa shape index (κ2) is 8.86. The third kappa shape index (κ3) is 5.33. The zero-order chi connectivity index (χ0) is 18.4. The highest BCUT2D eigenvalue weighted by molar-refractivity contribution is 5.91. The fourth-order valence-electron chi connectivity index (χ4n) is 3.51. The zero-order valence-corrected chi connectivity index (χ0v) is 15.9. The van der Waals surface area contributed by atoms with Gasteiger partial charge >= 0.3 is 0 Å². The van der Waals surface area contributed by atoms with Crippen LogP contribution in [0.25, 0.3) is 0 Å². The molecular formula is C22H30N3O+. The van der Waals surface area contributed by atoms with E-state index in [9.17, 15) is 4.79 Å². The van der Waals surface area contributed by atoms with Gasteiger partial charge in [-0.2, -0.15) is 0 Å². The highest BCUT2D eigenvalue weighted by Crippen LogP contribution is 2.24. The van der Waals surface area contributed by atoms with Crippen molar-refractivity contribution in [2.75, 3.05) is 36.9 Å². The Morgan fingerprint density at radius 2 is 1.73 bits per heavy atom. The number of anilines is 2. The van der Waals surface area contributed by atoms with Crippen molar-refractivity contribution in [2.24, 2.45) is 5.92 Å². The van der Waals surface area contributed by atoms with E-state index in [-0.39, 0.29) is 5.91 Å². The van der Waals surface area contributed by atoms with Gasteiger partial charge in [0.1, 0.15) is 6.54 Å². The van der Waals surface area contributed by atoms with Crippen molar-refractivity contribution >= 4 is 17.3 Å². The molecule has 1 aliphatic rings. The Balaban J connectivity index is 1.48. The lowest BCUT2D eigenvalue weighted by Gasteiger charge is -2.32. The second-order valence-electron chi connectivity index (χ2n) is 7.56. The van der Waals surface area contributed by atoms with Gasteiger partial charge in [0.25, 0.3) is 5.91 Å². The van der Waals surface area contributed by atoms with Crippen molar-refractivity contribution < 1.29 is 9.69 Å². The summed E-state index contributed by atoms with van der Waals surface area (Å²) in [7, 11) is 2.05. The van der Waals surface area contributed by atoms with E-state index < -0.39 is 0 Å². The number of rotatable bonds is 6. The number of piperidine rings is 1. The minimum absolute atomic E-state index is 0.0537. The Kier molecular flexibility index (Phi) is 6.29. The molecule has 0 aliphatic carbocycles. The molecule has 0 spiro atoms. The van der Waals surface area contributed by atoms with Crippen molar-refractivity contribution in [1.29, 1.82) is 0 Å². The summed E-state index contributed by atoms with van der Waals surface area (Å²) in [6, 6.07) is 18.5. The normalized spacial score (nSPS) is 16.3. The Morgan fingerprint density at radius 1 is 1.08 bits per heavy atom. The number of quaternary nitrogens is 1. The first-order valence-electron chi connectivity index (χ1n) is 9.60. The first-order chi connectivity index (χ1) is 12.6. The van der Waals surface area contributed by atoms with Gasteiger partial charge in [-0.15, -0.1) is 0 Å². The molecule has 0 saturated carbocycles. The van der Waals surface area contributed by atoms with E-state index in [2.05, 4.69) is 41.4 Å². The second-order valence-corrected chi connectivity index (χ2v) is 7.56. The van der Waals surface area contributed by atoms with Crippen LogP contribution in [-0.4, -0.2) is 32.6 Å². The molecular weight excluding hydrogens is 322 g/mol. The van der Waals surface area contributed by atoms with Crippen LogP contribution in [0.15, 0.2) is 54.6 Å². The van der Waals surface area contributed by atoms with E-state index in [1.54, 1.807) is 0 Å². The molecule has 0 bridgehead atoms. The van der Waals surface area contributed by atoms with Gasteiger partial charge in [-0.25, -0.2) is 0 Å². The summed E-state index contributed by atoms with van der Waals surface area (Å²) in [5, 5.41) is 3.02. The van der Waals surface area contributed by atoms with Crippen LogP contribution in [0.5, 0.6) is 0 Å².